The van der Waals surface area contributed by atoms with Crippen LogP contribution in [0, 0.1) is 18.7 Å². The number of aromatic nitrogens is 3. The van der Waals surface area contributed by atoms with Gasteiger partial charge in [-0.3, -0.25) is 4.79 Å². The van der Waals surface area contributed by atoms with Crippen LogP contribution < -0.4 is 0 Å². The first-order chi connectivity index (χ1) is 13.6. The number of hydrogen-bond acceptors (Lipinski definition) is 6. The van der Waals surface area contributed by atoms with Gasteiger partial charge < -0.3 is 13.9 Å². The van der Waals surface area contributed by atoms with Gasteiger partial charge >= 0.3 is 0 Å². The normalized spacial score (nSPS) is 17.1. The molecule has 0 bridgehead atoms. The van der Waals surface area contributed by atoms with Crippen molar-refractivity contribution in [2.45, 2.75) is 32.6 Å². The SMILES string of the molecule is Cc1cc(C(=O)N2CCCC(CCc3noc(-c4ccc(F)cc4)n3)C2)no1. The minimum Gasteiger partial charge on any atom is -0.361 e. The molecule has 3 heterocycles. The van der Waals surface area contributed by atoms with Crippen LogP contribution in [0.5, 0.6) is 0 Å². The van der Waals surface area contributed by atoms with E-state index in [4.69, 9.17) is 9.05 Å². The van der Waals surface area contributed by atoms with Crippen LogP contribution in [-0.2, 0) is 6.42 Å². The van der Waals surface area contributed by atoms with Gasteiger partial charge in [-0.05, 0) is 56.4 Å². The molecule has 28 heavy (non-hydrogen) atoms. The molecule has 0 N–H and O–H groups in total. The molecule has 1 aliphatic heterocycles. The van der Waals surface area contributed by atoms with Crippen molar-refractivity contribution in [3.63, 3.8) is 0 Å². The number of benzene rings is 1. The number of amides is 1. The van der Waals surface area contributed by atoms with E-state index in [1.54, 1.807) is 25.1 Å². The summed E-state index contributed by atoms with van der Waals surface area (Å²) < 4.78 is 23.3. The zero-order valence-electron chi connectivity index (χ0n) is 15.6. The molecule has 3 aromatic rings. The predicted octanol–water partition coefficient (Wildman–Crippen LogP) is 3.66. The van der Waals surface area contributed by atoms with Crippen LogP contribution in [0.1, 0.15) is 41.3 Å². The second-order valence-corrected chi connectivity index (χ2v) is 7.14. The first-order valence-electron chi connectivity index (χ1n) is 9.39. The number of nitrogens with zero attached hydrogens (tertiary/aromatic N) is 4. The number of carbonyl (C=O) groups is 1. The smallest absolute Gasteiger partial charge is 0.276 e. The Morgan fingerprint density at radius 3 is 2.82 bits per heavy atom. The number of halogens is 1. The Morgan fingerprint density at radius 2 is 2.07 bits per heavy atom. The van der Waals surface area contributed by atoms with Gasteiger partial charge in [0.1, 0.15) is 11.6 Å². The lowest BCUT2D eigenvalue weighted by Crippen LogP contribution is -2.40. The third-order valence-electron chi connectivity index (χ3n) is 4.99. The van der Waals surface area contributed by atoms with Crippen LogP contribution in [-0.4, -0.2) is 39.2 Å². The molecule has 0 aliphatic carbocycles. The lowest BCUT2D eigenvalue weighted by atomic mass is 9.93. The monoisotopic (exact) mass is 384 g/mol. The third kappa shape index (κ3) is 4.11. The van der Waals surface area contributed by atoms with E-state index in [2.05, 4.69) is 15.3 Å². The average molecular weight is 384 g/mol. The minimum atomic E-state index is -0.305. The first-order valence-corrected chi connectivity index (χ1v) is 9.39. The van der Waals surface area contributed by atoms with E-state index < -0.39 is 0 Å². The van der Waals surface area contributed by atoms with Crippen LogP contribution >= 0.6 is 0 Å². The van der Waals surface area contributed by atoms with Gasteiger partial charge in [0.05, 0.1) is 0 Å². The van der Waals surface area contributed by atoms with Crippen LogP contribution in [0.3, 0.4) is 0 Å². The number of carbonyl (C=O) groups excluding carboxylic acids is 1. The summed E-state index contributed by atoms with van der Waals surface area (Å²) in [5, 5.41) is 7.85. The summed E-state index contributed by atoms with van der Waals surface area (Å²) in [6, 6.07) is 7.63. The Morgan fingerprint density at radius 1 is 1.25 bits per heavy atom. The second-order valence-electron chi connectivity index (χ2n) is 7.14. The summed E-state index contributed by atoms with van der Waals surface area (Å²) in [4.78, 5) is 18.8. The number of piperidine rings is 1. The molecule has 2 aromatic heterocycles. The van der Waals surface area contributed by atoms with E-state index in [1.807, 2.05) is 4.90 Å². The molecule has 1 amide bonds. The van der Waals surface area contributed by atoms with Gasteiger partial charge in [-0.2, -0.15) is 4.98 Å². The standard InChI is InChI=1S/C20H21FN4O3/c1-13-11-17(23-27-13)20(26)25-10-2-3-14(12-25)4-9-18-22-19(28-24-18)15-5-7-16(21)8-6-15/h5-8,11,14H,2-4,9-10,12H2,1H3. The number of rotatable bonds is 5. The van der Waals surface area contributed by atoms with Crippen LogP contribution in [0.15, 0.2) is 39.4 Å². The summed E-state index contributed by atoms with van der Waals surface area (Å²) in [6.07, 6.45) is 3.55. The van der Waals surface area contributed by atoms with Gasteiger partial charge in [0.25, 0.3) is 11.8 Å². The molecule has 8 heteroatoms. The summed E-state index contributed by atoms with van der Waals surface area (Å²) in [5.74, 6) is 1.62. The fraction of sp³-hybridized carbons (Fsp3) is 0.400. The van der Waals surface area contributed by atoms with Crippen LogP contribution in [0.25, 0.3) is 11.5 Å². The Bertz CT molecular complexity index is 951. The van der Waals surface area contributed by atoms with Crippen molar-refractivity contribution in [2.75, 3.05) is 13.1 Å². The zero-order valence-corrected chi connectivity index (χ0v) is 15.6. The molecule has 1 fully saturated rings. The molecule has 146 valence electrons. The van der Waals surface area contributed by atoms with Gasteiger partial charge in [-0.1, -0.05) is 10.3 Å². The molecular formula is C20H21FN4O3. The molecule has 0 radical (unpaired) electrons. The molecular weight excluding hydrogens is 363 g/mol. The van der Waals surface area contributed by atoms with Crippen molar-refractivity contribution in [1.29, 1.82) is 0 Å². The maximum Gasteiger partial charge on any atom is 0.276 e. The van der Waals surface area contributed by atoms with Crippen molar-refractivity contribution in [3.05, 3.63) is 53.4 Å². The highest BCUT2D eigenvalue weighted by molar-refractivity contribution is 5.92. The lowest BCUT2D eigenvalue weighted by molar-refractivity contribution is 0.0657. The van der Waals surface area contributed by atoms with E-state index in [-0.39, 0.29) is 11.7 Å². The molecule has 1 aromatic carbocycles. The number of likely N-dealkylation sites (tertiary alicyclic amines) is 1. The summed E-state index contributed by atoms with van der Waals surface area (Å²) in [5.41, 5.74) is 1.05. The first kappa shape index (κ1) is 18.3. The quantitative estimate of drug-likeness (QED) is 0.667. The maximum absolute atomic E-state index is 13.0. The Labute approximate surface area is 161 Å². The predicted molar refractivity (Wildman–Crippen MR) is 97.9 cm³/mol. The Hall–Kier alpha value is -3.03. The van der Waals surface area contributed by atoms with Crippen molar-refractivity contribution < 1.29 is 18.2 Å². The fourth-order valence-corrected chi connectivity index (χ4v) is 3.51. The van der Waals surface area contributed by atoms with Gasteiger partial charge in [0.2, 0.25) is 0 Å². The van der Waals surface area contributed by atoms with Gasteiger partial charge in [0, 0.05) is 31.1 Å². The Kier molecular flexibility index (Phi) is 5.18. The van der Waals surface area contributed by atoms with Gasteiger partial charge in [-0.15, -0.1) is 0 Å². The van der Waals surface area contributed by atoms with Crippen molar-refractivity contribution in [2.24, 2.45) is 5.92 Å². The third-order valence-corrected chi connectivity index (χ3v) is 4.99. The number of aryl methyl sites for hydroxylation is 2. The van der Waals surface area contributed by atoms with E-state index in [9.17, 15) is 9.18 Å². The summed E-state index contributed by atoms with van der Waals surface area (Å²) in [6.45, 7) is 3.19. The topological polar surface area (TPSA) is 85.3 Å². The highest BCUT2D eigenvalue weighted by atomic mass is 19.1. The molecule has 7 nitrogen and oxygen atoms in total. The molecule has 1 saturated heterocycles. The van der Waals surface area contributed by atoms with Gasteiger partial charge in [0.15, 0.2) is 11.5 Å². The van der Waals surface area contributed by atoms with E-state index in [0.29, 0.717) is 47.6 Å². The summed E-state index contributed by atoms with van der Waals surface area (Å²) in [7, 11) is 0. The lowest BCUT2D eigenvalue weighted by Gasteiger charge is -2.32. The van der Waals surface area contributed by atoms with E-state index in [1.165, 1.54) is 12.1 Å². The van der Waals surface area contributed by atoms with E-state index in [0.717, 1.165) is 25.8 Å². The fourth-order valence-electron chi connectivity index (χ4n) is 3.51. The molecule has 0 spiro atoms. The molecule has 0 saturated carbocycles. The molecule has 1 unspecified atom stereocenters. The molecule has 1 atom stereocenters. The highest BCUT2D eigenvalue weighted by Gasteiger charge is 2.26. The number of hydrogen-bond donors (Lipinski definition) is 0. The van der Waals surface area contributed by atoms with Crippen molar-refractivity contribution in [3.8, 4) is 11.5 Å². The van der Waals surface area contributed by atoms with Crippen LogP contribution in [0.2, 0.25) is 0 Å². The van der Waals surface area contributed by atoms with Gasteiger partial charge in [-0.25, -0.2) is 4.39 Å². The van der Waals surface area contributed by atoms with Crippen molar-refractivity contribution in [1.82, 2.24) is 20.2 Å². The zero-order chi connectivity index (χ0) is 19.5. The van der Waals surface area contributed by atoms with Crippen molar-refractivity contribution >= 4 is 5.91 Å². The summed E-state index contributed by atoms with van der Waals surface area (Å²) >= 11 is 0. The largest absolute Gasteiger partial charge is 0.361 e. The highest BCUT2D eigenvalue weighted by Crippen LogP contribution is 2.23. The van der Waals surface area contributed by atoms with Crippen LogP contribution in [0.4, 0.5) is 4.39 Å². The minimum absolute atomic E-state index is 0.0836. The average Bonchev–Trinajstić information content (AvgIpc) is 3.36. The van der Waals surface area contributed by atoms with E-state index >= 15 is 0 Å². The maximum atomic E-state index is 13.0. The Balaban J connectivity index is 1.33. The molecule has 1 aliphatic rings. The second kappa shape index (κ2) is 7.92. The molecule has 4 rings (SSSR count).